The minimum atomic E-state index is -0.194. The van der Waals surface area contributed by atoms with E-state index in [1.807, 2.05) is 4.40 Å². The molecule has 0 fully saturated rings. The molecule has 0 aliphatic heterocycles. The van der Waals surface area contributed by atoms with Crippen molar-refractivity contribution in [2.45, 2.75) is 32.1 Å². The van der Waals surface area contributed by atoms with Gasteiger partial charge in [-0.1, -0.05) is 6.92 Å². The number of hydrogen-bond donors (Lipinski definition) is 0. The normalized spacial score (nSPS) is 20.5. The standard InChI is InChI=1S/C12H13FN2/c1-8-3-2-4-10-12(8)14-11-6-5-9(13)7-15(10)11/h5-8H,2-4H2,1H3. The molecule has 0 saturated carbocycles. The van der Waals surface area contributed by atoms with Crippen molar-refractivity contribution in [3.63, 3.8) is 0 Å². The number of pyridine rings is 1. The predicted molar refractivity (Wildman–Crippen MR) is 56.5 cm³/mol. The highest BCUT2D eigenvalue weighted by molar-refractivity contribution is 5.44. The van der Waals surface area contributed by atoms with Gasteiger partial charge in [-0.05, 0) is 31.4 Å². The van der Waals surface area contributed by atoms with Gasteiger partial charge < -0.3 is 4.40 Å². The average Bonchev–Trinajstić information content (AvgIpc) is 2.58. The van der Waals surface area contributed by atoms with E-state index in [1.165, 1.54) is 24.6 Å². The first kappa shape index (κ1) is 8.89. The first-order valence-electron chi connectivity index (χ1n) is 5.42. The summed E-state index contributed by atoms with van der Waals surface area (Å²) in [5.74, 6) is 0.317. The Kier molecular flexibility index (Phi) is 1.81. The number of rotatable bonds is 0. The van der Waals surface area contributed by atoms with Gasteiger partial charge in [-0.2, -0.15) is 0 Å². The molecule has 78 valence electrons. The molecule has 0 bridgehead atoms. The number of nitrogens with zero attached hydrogens (tertiary/aromatic N) is 2. The Morgan fingerprint density at radius 1 is 1.47 bits per heavy atom. The Balaban J connectivity index is 2.31. The highest BCUT2D eigenvalue weighted by atomic mass is 19.1. The molecule has 0 saturated heterocycles. The van der Waals surface area contributed by atoms with Crippen LogP contribution in [0.2, 0.25) is 0 Å². The van der Waals surface area contributed by atoms with E-state index < -0.39 is 0 Å². The maximum atomic E-state index is 13.1. The summed E-state index contributed by atoms with van der Waals surface area (Å²) >= 11 is 0. The summed E-state index contributed by atoms with van der Waals surface area (Å²) in [6, 6.07) is 3.22. The van der Waals surface area contributed by atoms with Crippen LogP contribution in [0.3, 0.4) is 0 Å². The fourth-order valence-corrected chi connectivity index (χ4v) is 2.44. The van der Waals surface area contributed by atoms with Crippen molar-refractivity contribution in [1.82, 2.24) is 9.38 Å². The van der Waals surface area contributed by atoms with E-state index >= 15 is 0 Å². The molecule has 1 aliphatic rings. The van der Waals surface area contributed by atoms with E-state index in [0.717, 1.165) is 17.8 Å². The van der Waals surface area contributed by atoms with Crippen LogP contribution >= 0.6 is 0 Å². The van der Waals surface area contributed by atoms with Crippen LogP contribution in [0.15, 0.2) is 18.3 Å². The van der Waals surface area contributed by atoms with Crippen molar-refractivity contribution in [1.29, 1.82) is 0 Å². The van der Waals surface area contributed by atoms with Crippen molar-refractivity contribution < 1.29 is 4.39 Å². The van der Waals surface area contributed by atoms with E-state index in [4.69, 9.17) is 0 Å². The molecule has 15 heavy (non-hydrogen) atoms. The fourth-order valence-electron chi connectivity index (χ4n) is 2.44. The first-order valence-corrected chi connectivity index (χ1v) is 5.42. The van der Waals surface area contributed by atoms with E-state index in [0.29, 0.717) is 5.92 Å². The largest absolute Gasteiger partial charge is 0.301 e. The van der Waals surface area contributed by atoms with Crippen molar-refractivity contribution in [2.24, 2.45) is 0 Å². The minimum Gasteiger partial charge on any atom is -0.301 e. The number of imidazole rings is 1. The lowest BCUT2D eigenvalue weighted by molar-refractivity contribution is 0.567. The third-order valence-corrected chi connectivity index (χ3v) is 3.23. The molecule has 1 aliphatic carbocycles. The number of halogens is 1. The van der Waals surface area contributed by atoms with Crippen molar-refractivity contribution in [2.75, 3.05) is 0 Å². The molecule has 0 radical (unpaired) electrons. The van der Waals surface area contributed by atoms with Gasteiger partial charge in [-0.3, -0.25) is 0 Å². The van der Waals surface area contributed by atoms with Crippen LogP contribution in [0, 0.1) is 5.82 Å². The Morgan fingerprint density at radius 2 is 2.33 bits per heavy atom. The molecule has 3 heteroatoms. The Hall–Kier alpha value is -1.38. The summed E-state index contributed by atoms with van der Waals surface area (Å²) in [6.45, 7) is 2.20. The smallest absolute Gasteiger partial charge is 0.139 e. The highest BCUT2D eigenvalue weighted by Crippen LogP contribution is 2.31. The third kappa shape index (κ3) is 1.26. The van der Waals surface area contributed by atoms with Crippen LogP contribution in [0.5, 0.6) is 0 Å². The van der Waals surface area contributed by atoms with Gasteiger partial charge in [0.05, 0.1) is 5.69 Å². The van der Waals surface area contributed by atoms with Gasteiger partial charge in [0, 0.05) is 17.8 Å². The predicted octanol–water partition coefficient (Wildman–Crippen LogP) is 2.91. The SMILES string of the molecule is CC1CCCc2c1nc1ccc(F)cn21. The third-order valence-electron chi connectivity index (χ3n) is 3.23. The van der Waals surface area contributed by atoms with Gasteiger partial charge in [0.15, 0.2) is 0 Å². The average molecular weight is 204 g/mol. The van der Waals surface area contributed by atoms with Crippen molar-refractivity contribution in [3.8, 4) is 0 Å². The molecule has 0 N–H and O–H groups in total. The number of aryl methyl sites for hydroxylation is 1. The Morgan fingerprint density at radius 3 is 3.20 bits per heavy atom. The molecule has 1 atom stereocenters. The molecular weight excluding hydrogens is 191 g/mol. The fraction of sp³-hybridized carbons (Fsp3) is 0.417. The second kappa shape index (κ2) is 3.05. The van der Waals surface area contributed by atoms with Crippen LogP contribution < -0.4 is 0 Å². The van der Waals surface area contributed by atoms with Crippen LogP contribution in [-0.2, 0) is 6.42 Å². The molecule has 0 spiro atoms. The molecule has 3 rings (SSSR count). The maximum absolute atomic E-state index is 13.1. The lowest BCUT2D eigenvalue weighted by atomic mass is 9.91. The molecule has 2 aromatic rings. The van der Waals surface area contributed by atoms with Gasteiger partial charge in [-0.15, -0.1) is 0 Å². The van der Waals surface area contributed by atoms with E-state index in [9.17, 15) is 4.39 Å². The van der Waals surface area contributed by atoms with E-state index in [2.05, 4.69) is 11.9 Å². The molecule has 2 aromatic heterocycles. The maximum Gasteiger partial charge on any atom is 0.139 e. The van der Waals surface area contributed by atoms with Gasteiger partial charge in [0.1, 0.15) is 11.5 Å². The number of aromatic nitrogens is 2. The summed E-state index contributed by atoms with van der Waals surface area (Å²) in [5.41, 5.74) is 3.23. The van der Waals surface area contributed by atoms with Crippen molar-refractivity contribution in [3.05, 3.63) is 35.5 Å². The second-order valence-corrected chi connectivity index (χ2v) is 4.31. The van der Waals surface area contributed by atoms with Gasteiger partial charge in [0.25, 0.3) is 0 Å². The lowest BCUT2D eigenvalue weighted by Crippen LogP contribution is -2.07. The summed E-state index contributed by atoms with van der Waals surface area (Å²) < 4.78 is 15.0. The number of fused-ring (bicyclic) bond motifs is 3. The first-order chi connectivity index (χ1) is 7.25. The van der Waals surface area contributed by atoms with Crippen molar-refractivity contribution >= 4 is 5.65 Å². The molecule has 0 amide bonds. The Labute approximate surface area is 87.8 Å². The topological polar surface area (TPSA) is 17.3 Å². The summed E-state index contributed by atoms with van der Waals surface area (Å²) in [5, 5.41) is 0. The van der Waals surface area contributed by atoms with E-state index in [1.54, 1.807) is 12.3 Å². The zero-order valence-electron chi connectivity index (χ0n) is 8.70. The van der Waals surface area contributed by atoms with Gasteiger partial charge in [0.2, 0.25) is 0 Å². The molecular formula is C12H13FN2. The molecule has 1 unspecified atom stereocenters. The summed E-state index contributed by atoms with van der Waals surface area (Å²) in [4.78, 5) is 4.57. The summed E-state index contributed by atoms with van der Waals surface area (Å²) in [6.07, 6.45) is 4.93. The van der Waals surface area contributed by atoms with Gasteiger partial charge >= 0.3 is 0 Å². The Bertz CT molecular complexity index is 516. The monoisotopic (exact) mass is 204 g/mol. The lowest BCUT2D eigenvalue weighted by Gasteiger charge is -2.17. The van der Waals surface area contributed by atoms with Crippen LogP contribution in [0.4, 0.5) is 4.39 Å². The van der Waals surface area contributed by atoms with Crippen LogP contribution in [-0.4, -0.2) is 9.38 Å². The molecule has 0 aromatic carbocycles. The molecule has 2 nitrogen and oxygen atoms in total. The van der Waals surface area contributed by atoms with Crippen LogP contribution in [0.25, 0.3) is 5.65 Å². The molecule has 2 heterocycles. The summed E-state index contributed by atoms with van der Waals surface area (Å²) in [7, 11) is 0. The zero-order valence-corrected chi connectivity index (χ0v) is 8.70. The quantitative estimate of drug-likeness (QED) is 0.645. The minimum absolute atomic E-state index is 0.194. The van der Waals surface area contributed by atoms with Crippen LogP contribution in [0.1, 0.15) is 37.1 Å². The number of hydrogen-bond acceptors (Lipinski definition) is 1. The highest BCUT2D eigenvalue weighted by Gasteiger charge is 2.21. The zero-order chi connectivity index (χ0) is 10.4. The van der Waals surface area contributed by atoms with E-state index in [-0.39, 0.29) is 5.82 Å². The van der Waals surface area contributed by atoms with Gasteiger partial charge in [-0.25, -0.2) is 9.37 Å². The second-order valence-electron chi connectivity index (χ2n) is 4.31.